The highest BCUT2D eigenvalue weighted by molar-refractivity contribution is 7.10. The van der Waals surface area contributed by atoms with Crippen molar-refractivity contribution in [2.24, 2.45) is 11.1 Å². The lowest BCUT2D eigenvalue weighted by molar-refractivity contribution is 0.318. The van der Waals surface area contributed by atoms with Crippen LogP contribution >= 0.6 is 11.3 Å². The van der Waals surface area contributed by atoms with Gasteiger partial charge in [0.25, 0.3) is 0 Å². The molecule has 13 heavy (non-hydrogen) atoms. The van der Waals surface area contributed by atoms with Gasteiger partial charge in [-0.3, -0.25) is 0 Å². The van der Waals surface area contributed by atoms with E-state index in [0.717, 1.165) is 0 Å². The first-order chi connectivity index (χ1) is 6.12. The van der Waals surface area contributed by atoms with Crippen molar-refractivity contribution in [2.45, 2.75) is 39.7 Å². The van der Waals surface area contributed by atoms with Gasteiger partial charge in [0.05, 0.1) is 0 Å². The molecule has 72 valence electrons. The maximum atomic E-state index is 5.69. The summed E-state index contributed by atoms with van der Waals surface area (Å²) in [7, 11) is 0. The second-order valence-electron chi connectivity index (χ2n) is 4.71. The fraction of sp³-hybridized carbons (Fsp3) is 0.636. The summed E-state index contributed by atoms with van der Waals surface area (Å²) in [6, 6.07) is 0. The van der Waals surface area contributed by atoms with Gasteiger partial charge in [-0.1, -0.05) is 13.8 Å². The van der Waals surface area contributed by atoms with Crippen molar-refractivity contribution in [2.75, 3.05) is 0 Å². The van der Waals surface area contributed by atoms with Crippen LogP contribution in [0.5, 0.6) is 0 Å². The third-order valence-corrected chi connectivity index (χ3v) is 4.06. The first-order valence-electron chi connectivity index (χ1n) is 4.90. The van der Waals surface area contributed by atoms with Crippen molar-refractivity contribution < 1.29 is 0 Å². The van der Waals surface area contributed by atoms with Crippen LogP contribution in [0.3, 0.4) is 0 Å². The number of rotatable bonds is 1. The van der Waals surface area contributed by atoms with E-state index >= 15 is 0 Å². The highest BCUT2D eigenvalue weighted by Gasteiger charge is 2.27. The Kier molecular flexibility index (Phi) is 2.20. The third-order valence-electron chi connectivity index (χ3n) is 2.98. The molecule has 0 atom stereocenters. The van der Waals surface area contributed by atoms with Gasteiger partial charge < -0.3 is 5.73 Å². The van der Waals surface area contributed by atoms with Crippen molar-refractivity contribution in [3.63, 3.8) is 0 Å². The molecule has 1 aromatic heterocycles. The molecule has 1 nitrogen and oxygen atoms in total. The number of fused-ring (bicyclic) bond motifs is 1. The lowest BCUT2D eigenvalue weighted by atomic mass is 9.77. The molecular weight excluding hydrogens is 178 g/mol. The molecule has 0 aliphatic heterocycles. The van der Waals surface area contributed by atoms with E-state index in [1.807, 2.05) is 11.3 Å². The van der Waals surface area contributed by atoms with Crippen molar-refractivity contribution in [1.29, 1.82) is 0 Å². The molecule has 1 aromatic rings. The largest absolute Gasteiger partial charge is 0.326 e. The summed E-state index contributed by atoms with van der Waals surface area (Å²) in [5.41, 5.74) is 9.14. The summed E-state index contributed by atoms with van der Waals surface area (Å²) in [5, 5.41) is 2.24. The Morgan fingerprint density at radius 2 is 2.31 bits per heavy atom. The Bertz CT molecular complexity index is 312. The minimum Gasteiger partial charge on any atom is -0.326 e. The van der Waals surface area contributed by atoms with Gasteiger partial charge in [-0.2, -0.15) is 0 Å². The number of thiophene rings is 1. The number of hydrogen-bond donors (Lipinski definition) is 1. The van der Waals surface area contributed by atoms with Gasteiger partial charge in [0.1, 0.15) is 0 Å². The Morgan fingerprint density at radius 3 is 3.00 bits per heavy atom. The van der Waals surface area contributed by atoms with E-state index < -0.39 is 0 Å². The zero-order chi connectivity index (χ0) is 9.47. The average molecular weight is 195 g/mol. The number of nitrogens with two attached hydrogens (primary N) is 1. The Balaban J connectivity index is 2.33. The van der Waals surface area contributed by atoms with Crippen LogP contribution in [0, 0.1) is 5.41 Å². The maximum absolute atomic E-state index is 5.69. The minimum absolute atomic E-state index is 0.504. The summed E-state index contributed by atoms with van der Waals surface area (Å²) < 4.78 is 0. The standard InChI is InChI=1S/C11H17NS/c1-11(2)4-3-9-8(6-12)7-13-10(9)5-11/h7H,3-6,12H2,1-2H3. The van der Waals surface area contributed by atoms with E-state index in [9.17, 15) is 0 Å². The summed E-state index contributed by atoms with van der Waals surface area (Å²) >= 11 is 1.90. The van der Waals surface area contributed by atoms with E-state index in [4.69, 9.17) is 5.73 Å². The van der Waals surface area contributed by atoms with Gasteiger partial charge in [-0.05, 0) is 41.2 Å². The monoisotopic (exact) mass is 195 g/mol. The molecule has 0 amide bonds. The van der Waals surface area contributed by atoms with Gasteiger partial charge in [0.15, 0.2) is 0 Å². The number of hydrogen-bond acceptors (Lipinski definition) is 2. The second kappa shape index (κ2) is 3.10. The first kappa shape index (κ1) is 9.22. The molecule has 1 aliphatic carbocycles. The quantitative estimate of drug-likeness (QED) is 0.732. The zero-order valence-corrected chi connectivity index (χ0v) is 9.21. The second-order valence-corrected chi connectivity index (χ2v) is 5.67. The van der Waals surface area contributed by atoms with Crippen LogP contribution in [-0.2, 0) is 19.4 Å². The minimum atomic E-state index is 0.504. The summed E-state index contributed by atoms with van der Waals surface area (Å²) in [6.45, 7) is 5.43. The molecule has 0 saturated heterocycles. The van der Waals surface area contributed by atoms with E-state index in [1.165, 1.54) is 24.8 Å². The average Bonchev–Trinajstić information content (AvgIpc) is 2.44. The smallest absolute Gasteiger partial charge is 0.0189 e. The Hall–Kier alpha value is -0.340. The van der Waals surface area contributed by atoms with Crippen LogP contribution in [-0.4, -0.2) is 0 Å². The Morgan fingerprint density at radius 1 is 1.54 bits per heavy atom. The highest BCUT2D eigenvalue weighted by atomic mass is 32.1. The predicted molar refractivity (Wildman–Crippen MR) is 58.0 cm³/mol. The van der Waals surface area contributed by atoms with Gasteiger partial charge in [0, 0.05) is 11.4 Å². The van der Waals surface area contributed by atoms with Gasteiger partial charge >= 0.3 is 0 Å². The molecule has 1 aliphatic rings. The molecule has 0 saturated carbocycles. The molecule has 1 heterocycles. The van der Waals surface area contributed by atoms with E-state index in [-0.39, 0.29) is 0 Å². The molecule has 2 N–H and O–H groups in total. The third kappa shape index (κ3) is 1.65. The lowest BCUT2D eigenvalue weighted by Gasteiger charge is -2.29. The molecular formula is C11H17NS. The van der Waals surface area contributed by atoms with Crippen molar-refractivity contribution in [3.8, 4) is 0 Å². The van der Waals surface area contributed by atoms with Gasteiger partial charge in [0.2, 0.25) is 0 Å². The maximum Gasteiger partial charge on any atom is 0.0189 e. The predicted octanol–water partition coefficient (Wildman–Crippen LogP) is 2.72. The van der Waals surface area contributed by atoms with Crippen molar-refractivity contribution in [1.82, 2.24) is 0 Å². The van der Waals surface area contributed by atoms with Crippen LogP contribution in [0.1, 0.15) is 36.3 Å². The zero-order valence-electron chi connectivity index (χ0n) is 8.39. The molecule has 0 radical (unpaired) electrons. The highest BCUT2D eigenvalue weighted by Crippen LogP contribution is 2.38. The summed E-state index contributed by atoms with van der Waals surface area (Å²) in [4.78, 5) is 1.58. The van der Waals surface area contributed by atoms with Crippen LogP contribution in [0.25, 0.3) is 0 Å². The fourth-order valence-electron chi connectivity index (χ4n) is 2.07. The normalized spacial score (nSPS) is 19.9. The van der Waals surface area contributed by atoms with Crippen molar-refractivity contribution in [3.05, 3.63) is 21.4 Å². The van der Waals surface area contributed by atoms with E-state index in [2.05, 4.69) is 19.2 Å². The SMILES string of the molecule is CC1(C)CCc2c(CN)csc2C1. The summed E-state index contributed by atoms with van der Waals surface area (Å²) in [6.07, 6.45) is 3.79. The van der Waals surface area contributed by atoms with Crippen LogP contribution < -0.4 is 5.73 Å². The fourth-order valence-corrected chi connectivity index (χ4v) is 3.44. The van der Waals surface area contributed by atoms with Gasteiger partial charge in [-0.15, -0.1) is 11.3 Å². The molecule has 2 rings (SSSR count). The first-order valence-corrected chi connectivity index (χ1v) is 5.78. The molecule has 0 spiro atoms. The van der Waals surface area contributed by atoms with Crippen LogP contribution in [0.15, 0.2) is 5.38 Å². The van der Waals surface area contributed by atoms with Crippen molar-refractivity contribution >= 4 is 11.3 Å². The molecule has 0 bridgehead atoms. The molecule has 2 heteroatoms. The molecule has 0 fully saturated rings. The molecule has 0 unspecified atom stereocenters. The topological polar surface area (TPSA) is 26.0 Å². The summed E-state index contributed by atoms with van der Waals surface area (Å²) in [5.74, 6) is 0. The van der Waals surface area contributed by atoms with Gasteiger partial charge in [-0.25, -0.2) is 0 Å². The van der Waals surface area contributed by atoms with E-state index in [0.29, 0.717) is 12.0 Å². The lowest BCUT2D eigenvalue weighted by Crippen LogP contribution is -2.21. The van der Waals surface area contributed by atoms with Crippen LogP contribution in [0.4, 0.5) is 0 Å². The van der Waals surface area contributed by atoms with Crippen LogP contribution in [0.2, 0.25) is 0 Å². The van der Waals surface area contributed by atoms with E-state index in [1.54, 1.807) is 10.4 Å². The Labute approximate surface area is 84.0 Å². The molecule has 0 aromatic carbocycles.